The molecule has 2 rings (SSSR count). The highest BCUT2D eigenvalue weighted by atomic mass is 35.5. The quantitative estimate of drug-likeness (QED) is 0.355. The van der Waals surface area contributed by atoms with Crippen LogP contribution in [-0.2, 0) is 5.54 Å². The van der Waals surface area contributed by atoms with Gasteiger partial charge in [-0.2, -0.15) is 0 Å². The lowest BCUT2D eigenvalue weighted by Gasteiger charge is -2.27. The minimum atomic E-state index is -0.714. The zero-order chi connectivity index (χ0) is 20.2. The molecule has 0 unspecified atom stereocenters. The lowest BCUT2D eigenvalue weighted by atomic mass is 9.92. The van der Waals surface area contributed by atoms with Crippen LogP contribution < -0.4 is 16.4 Å². The first-order valence-electron chi connectivity index (χ1n) is 8.12. The number of primary amides is 1. The van der Waals surface area contributed by atoms with Crippen LogP contribution in [-0.4, -0.2) is 22.9 Å². The number of hydrogen-bond acceptors (Lipinski definition) is 4. The second-order valence-electron chi connectivity index (χ2n) is 6.53. The van der Waals surface area contributed by atoms with Gasteiger partial charge in [0.2, 0.25) is 5.91 Å². The summed E-state index contributed by atoms with van der Waals surface area (Å²) in [5.41, 5.74) is 7.10. The molecule has 0 saturated carbocycles. The standard InChI is InChI=1S/C19H21ClN4O3/c1-11(24-27)12-5-4-6-13(9-12)19(2,3)23-18(26)22-14-7-8-16(20)15(10-14)17(21)25/h4-10,27H,1-3H3,(H2,21,25)(H2,22,23,26). The van der Waals surface area contributed by atoms with Crippen molar-refractivity contribution in [3.63, 3.8) is 0 Å². The summed E-state index contributed by atoms with van der Waals surface area (Å²) in [5.74, 6) is -0.679. The van der Waals surface area contributed by atoms with Gasteiger partial charge in [-0.1, -0.05) is 35.0 Å². The molecule has 0 aromatic heterocycles. The number of halogens is 1. The number of hydrogen-bond donors (Lipinski definition) is 4. The third kappa shape index (κ3) is 4.98. The maximum atomic E-state index is 12.4. The third-order valence-corrected chi connectivity index (χ3v) is 4.40. The normalized spacial score (nSPS) is 11.8. The Morgan fingerprint density at radius 1 is 1.19 bits per heavy atom. The predicted octanol–water partition coefficient (Wildman–Crippen LogP) is 3.69. The van der Waals surface area contributed by atoms with Gasteiger partial charge in [0.05, 0.1) is 21.8 Å². The highest BCUT2D eigenvalue weighted by Gasteiger charge is 2.23. The number of oxime groups is 1. The number of nitrogens with two attached hydrogens (primary N) is 1. The van der Waals surface area contributed by atoms with Crippen LogP contribution in [0.2, 0.25) is 5.02 Å². The summed E-state index contributed by atoms with van der Waals surface area (Å²) in [6.45, 7) is 5.37. The van der Waals surface area contributed by atoms with E-state index in [1.54, 1.807) is 13.0 Å². The van der Waals surface area contributed by atoms with Crippen LogP contribution in [0.5, 0.6) is 0 Å². The van der Waals surface area contributed by atoms with Crippen molar-refractivity contribution in [1.29, 1.82) is 0 Å². The maximum Gasteiger partial charge on any atom is 0.319 e. The second kappa shape index (κ2) is 8.09. The van der Waals surface area contributed by atoms with Crippen molar-refractivity contribution in [3.05, 3.63) is 64.2 Å². The molecule has 0 aliphatic rings. The van der Waals surface area contributed by atoms with Crippen LogP contribution >= 0.6 is 11.6 Å². The van der Waals surface area contributed by atoms with Gasteiger partial charge in [0.1, 0.15) is 0 Å². The van der Waals surface area contributed by atoms with E-state index in [2.05, 4.69) is 15.8 Å². The fourth-order valence-corrected chi connectivity index (χ4v) is 2.71. The Labute approximate surface area is 162 Å². The molecule has 3 amide bonds. The van der Waals surface area contributed by atoms with E-state index in [1.807, 2.05) is 38.1 Å². The van der Waals surface area contributed by atoms with Crippen LogP contribution in [0.25, 0.3) is 0 Å². The third-order valence-electron chi connectivity index (χ3n) is 4.07. The predicted molar refractivity (Wildman–Crippen MR) is 106 cm³/mol. The van der Waals surface area contributed by atoms with E-state index in [0.29, 0.717) is 11.4 Å². The Kier molecular flexibility index (Phi) is 6.07. The lowest BCUT2D eigenvalue weighted by Crippen LogP contribution is -2.43. The lowest BCUT2D eigenvalue weighted by molar-refractivity contribution is 0.100. The number of urea groups is 1. The van der Waals surface area contributed by atoms with Crippen molar-refractivity contribution in [2.24, 2.45) is 10.9 Å². The summed E-state index contributed by atoms with van der Waals surface area (Å²) >= 11 is 5.91. The van der Waals surface area contributed by atoms with Gasteiger partial charge in [-0.05, 0) is 56.2 Å². The number of benzene rings is 2. The van der Waals surface area contributed by atoms with Gasteiger partial charge in [-0.15, -0.1) is 0 Å². The van der Waals surface area contributed by atoms with E-state index in [-0.39, 0.29) is 10.6 Å². The number of anilines is 1. The molecule has 0 fully saturated rings. The molecule has 8 heteroatoms. The van der Waals surface area contributed by atoms with Crippen molar-refractivity contribution >= 4 is 34.9 Å². The Bertz CT molecular complexity index is 910. The summed E-state index contributed by atoms with van der Waals surface area (Å²) in [7, 11) is 0. The van der Waals surface area contributed by atoms with E-state index in [4.69, 9.17) is 22.5 Å². The van der Waals surface area contributed by atoms with Gasteiger partial charge in [0, 0.05) is 5.69 Å². The Morgan fingerprint density at radius 2 is 1.89 bits per heavy atom. The highest BCUT2D eigenvalue weighted by Crippen LogP contribution is 2.23. The molecule has 0 aliphatic carbocycles. The van der Waals surface area contributed by atoms with E-state index in [1.165, 1.54) is 12.1 Å². The monoisotopic (exact) mass is 388 g/mol. The smallest absolute Gasteiger partial charge is 0.319 e. The van der Waals surface area contributed by atoms with Crippen molar-refractivity contribution in [1.82, 2.24) is 5.32 Å². The number of carbonyl (C=O) groups is 2. The van der Waals surface area contributed by atoms with Crippen molar-refractivity contribution in [2.45, 2.75) is 26.3 Å². The summed E-state index contributed by atoms with van der Waals surface area (Å²) in [4.78, 5) is 23.8. The number of amides is 3. The van der Waals surface area contributed by atoms with Gasteiger partial charge < -0.3 is 21.6 Å². The van der Waals surface area contributed by atoms with E-state index >= 15 is 0 Å². The number of nitrogens with one attached hydrogen (secondary N) is 2. The first-order chi connectivity index (χ1) is 12.6. The average molecular weight is 389 g/mol. The Morgan fingerprint density at radius 3 is 2.52 bits per heavy atom. The number of nitrogens with zero attached hydrogens (tertiary/aromatic N) is 1. The molecule has 0 atom stereocenters. The molecule has 27 heavy (non-hydrogen) atoms. The molecular formula is C19H21ClN4O3. The van der Waals surface area contributed by atoms with Crippen LogP contribution in [0.1, 0.15) is 42.3 Å². The van der Waals surface area contributed by atoms with Gasteiger partial charge >= 0.3 is 6.03 Å². The van der Waals surface area contributed by atoms with Crippen molar-refractivity contribution in [3.8, 4) is 0 Å². The highest BCUT2D eigenvalue weighted by molar-refractivity contribution is 6.34. The van der Waals surface area contributed by atoms with Crippen LogP contribution in [0, 0.1) is 0 Å². The van der Waals surface area contributed by atoms with Crippen LogP contribution in [0.15, 0.2) is 47.6 Å². The minimum absolute atomic E-state index is 0.125. The molecule has 0 saturated heterocycles. The van der Waals surface area contributed by atoms with Gasteiger partial charge in [-0.3, -0.25) is 4.79 Å². The van der Waals surface area contributed by atoms with E-state index in [9.17, 15) is 9.59 Å². The summed E-state index contributed by atoms with van der Waals surface area (Å²) in [6, 6.07) is 11.3. The molecule has 0 aliphatic heterocycles. The van der Waals surface area contributed by atoms with Gasteiger partial charge in [-0.25, -0.2) is 4.79 Å². The Balaban J connectivity index is 2.17. The molecule has 0 radical (unpaired) electrons. The molecular weight excluding hydrogens is 368 g/mol. The number of carbonyl (C=O) groups excluding carboxylic acids is 2. The topological polar surface area (TPSA) is 117 Å². The van der Waals surface area contributed by atoms with Gasteiger partial charge in [0.15, 0.2) is 0 Å². The fourth-order valence-electron chi connectivity index (χ4n) is 2.50. The molecule has 7 nitrogen and oxygen atoms in total. The average Bonchev–Trinajstić information content (AvgIpc) is 2.62. The molecule has 0 heterocycles. The first kappa shape index (κ1) is 20.3. The van der Waals surface area contributed by atoms with E-state index in [0.717, 1.165) is 11.1 Å². The first-order valence-corrected chi connectivity index (χ1v) is 8.50. The van der Waals surface area contributed by atoms with Gasteiger partial charge in [0.25, 0.3) is 0 Å². The molecule has 2 aromatic carbocycles. The fraction of sp³-hybridized carbons (Fsp3) is 0.211. The maximum absolute atomic E-state index is 12.4. The largest absolute Gasteiger partial charge is 0.411 e. The zero-order valence-corrected chi connectivity index (χ0v) is 16.0. The van der Waals surface area contributed by atoms with Crippen LogP contribution in [0.4, 0.5) is 10.5 Å². The molecule has 0 spiro atoms. The van der Waals surface area contributed by atoms with E-state index < -0.39 is 17.5 Å². The minimum Gasteiger partial charge on any atom is -0.411 e. The summed E-state index contributed by atoms with van der Waals surface area (Å²) < 4.78 is 0. The molecule has 5 N–H and O–H groups in total. The van der Waals surface area contributed by atoms with Crippen molar-refractivity contribution < 1.29 is 14.8 Å². The second-order valence-corrected chi connectivity index (χ2v) is 6.94. The van der Waals surface area contributed by atoms with Crippen LogP contribution in [0.3, 0.4) is 0 Å². The number of rotatable bonds is 5. The Hall–Kier alpha value is -3.06. The van der Waals surface area contributed by atoms with Crippen molar-refractivity contribution in [2.75, 3.05) is 5.32 Å². The SMILES string of the molecule is CC(=NO)c1cccc(C(C)(C)NC(=O)Nc2ccc(Cl)c(C(N)=O)c2)c1. The molecule has 2 aromatic rings. The molecule has 0 bridgehead atoms. The summed E-state index contributed by atoms with van der Waals surface area (Å²) in [6.07, 6.45) is 0. The zero-order valence-electron chi connectivity index (χ0n) is 15.2. The molecule has 142 valence electrons. The summed E-state index contributed by atoms with van der Waals surface area (Å²) in [5, 5.41) is 17.9.